The lowest BCUT2D eigenvalue weighted by atomic mass is 10.0. The van der Waals surface area contributed by atoms with Crippen LogP contribution in [0.3, 0.4) is 0 Å². The van der Waals surface area contributed by atoms with Gasteiger partial charge >= 0.3 is 0 Å². The van der Waals surface area contributed by atoms with E-state index in [1.165, 1.54) is 0 Å². The van der Waals surface area contributed by atoms with Crippen LogP contribution in [0.4, 0.5) is 5.69 Å². The second-order valence-corrected chi connectivity index (χ2v) is 6.08. The Morgan fingerprint density at radius 3 is 2.68 bits per heavy atom. The molecule has 0 radical (unpaired) electrons. The number of carbonyl (C=O) groups excluding carboxylic acids is 1. The molecular formula is C14H21BrN2O2. The fourth-order valence-corrected chi connectivity index (χ4v) is 1.77. The monoisotopic (exact) mass is 328 g/mol. The Hall–Kier alpha value is -1.23. The van der Waals surface area contributed by atoms with Crippen LogP contribution in [0.15, 0.2) is 22.7 Å². The highest BCUT2D eigenvalue weighted by Gasteiger charge is 2.23. The number of benzene rings is 1. The quantitative estimate of drug-likeness (QED) is 0.816. The van der Waals surface area contributed by atoms with E-state index in [0.29, 0.717) is 11.4 Å². The van der Waals surface area contributed by atoms with Crippen molar-refractivity contribution in [3.8, 4) is 5.75 Å². The van der Waals surface area contributed by atoms with Crippen LogP contribution in [0.1, 0.15) is 34.1 Å². The minimum atomic E-state index is -0.589. The first kappa shape index (κ1) is 15.8. The number of nitrogens with two attached hydrogens (primary N) is 1. The Balaban J connectivity index is 2.69. The van der Waals surface area contributed by atoms with Gasteiger partial charge < -0.3 is 15.8 Å². The lowest BCUT2D eigenvalue weighted by Gasteiger charge is -2.26. The Morgan fingerprint density at radius 1 is 1.53 bits per heavy atom. The first-order chi connectivity index (χ1) is 8.75. The second kappa shape index (κ2) is 6.28. The summed E-state index contributed by atoms with van der Waals surface area (Å²) in [6, 6.07) is 5.32. The molecule has 1 aromatic rings. The van der Waals surface area contributed by atoms with E-state index in [-0.39, 0.29) is 11.4 Å². The van der Waals surface area contributed by atoms with Gasteiger partial charge in [0.1, 0.15) is 5.75 Å². The van der Waals surface area contributed by atoms with Gasteiger partial charge in [-0.2, -0.15) is 0 Å². The van der Waals surface area contributed by atoms with Crippen molar-refractivity contribution in [2.75, 3.05) is 5.73 Å². The SMILES string of the molecule is CCC(C)(C)NC(=O)C(C)Oc1ccc(Br)cc1N. The zero-order valence-corrected chi connectivity index (χ0v) is 13.4. The first-order valence-corrected chi connectivity index (χ1v) is 7.08. The molecule has 0 saturated heterocycles. The van der Waals surface area contributed by atoms with Crippen LogP contribution in [0.25, 0.3) is 0 Å². The summed E-state index contributed by atoms with van der Waals surface area (Å²) in [5.41, 5.74) is 6.10. The molecule has 0 heterocycles. The van der Waals surface area contributed by atoms with E-state index < -0.39 is 6.10 Å². The molecule has 106 valence electrons. The number of halogens is 1. The van der Waals surface area contributed by atoms with Gasteiger partial charge in [0.2, 0.25) is 0 Å². The van der Waals surface area contributed by atoms with Gasteiger partial charge in [-0.1, -0.05) is 22.9 Å². The highest BCUT2D eigenvalue weighted by atomic mass is 79.9. The molecule has 1 aromatic carbocycles. The number of hydrogen-bond acceptors (Lipinski definition) is 3. The summed E-state index contributed by atoms with van der Waals surface area (Å²) >= 11 is 3.33. The van der Waals surface area contributed by atoms with E-state index in [4.69, 9.17) is 10.5 Å². The highest BCUT2D eigenvalue weighted by Crippen LogP contribution is 2.26. The van der Waals surface area contributed by atoms with Gasteiger partial charge in [0, 0.05) is 10.0 Å². The molecule has 0 aliphatic heterocycles. The maximum atomic E-state index is 12.0. The zero-order valence-electron chi connectivity index (χ0n) is 11.8. The standard InChI is InChI=1S/C14H21BrN2O2/c1-5-14(3,4)17-13(18)9(2)19-12-7-6-10(15)8-11(12)16/h6-9H,5,16H2,1-4H3,(H,17,18). The summed E-state index contributed by atoms with van der Waals surface area (Å²) in [6.45, 7) is 7.69. The van der Waals surface area contributed by atoms with Crippen molar-refractivity contribution < 1.29 is 9.53 Å². The van der Waals surface area contributed by atoms with Crippen LogP contribution in [-0.4, -0.2) is 17.6 Å². The zero-order chi connectivity index (χ0) is 14.6. The third kappa shape index (κ3) is 4.74. The molecule has 0 aliphatic carbocycles. The van der Waals surface area contributed by atoms with Gasteiger partial charge in [0.05, 0.1) is 5.69 Å². The van der Waals surface area contributed by atoms with Crippen LogP contribution in [0.2, 0.25) is 0 Å². The van der Waals surface area contributed by atoms with Crippen molar-refractivity contribution in [2.45, 2.75) is 45.8 Å². The maximum Gasteiger partial charge on any atom is 0.261 e. The third-order valence-electron chi connectivity index (χ3n) is 2.99. The number of rotatable bonds is 5. The van der Waals surface area contributed by atoms with Crippen LogP contribution in [0, 0.1) is 0 Å². The van der Waals surface area contributed by atoms with Gasteiger partial charge in [0.25, 0.3) is 5.91 Å². The molecular weight excluding hydrogens is 308 g/mol. The smallest absolute Gasteiger partial charge is 0.261 e. The normalized spacial score (nSPS) is 12.9. The van der Waals surface area contributed by atoms with E-state index >= 15 is 0 Å². The van der Waals surface area contributed by atoms with Crippen molar-refractivity contribution >= 4 is 27.5 Å². The van der Waals surface area contributed by atoms with Crippen molar-refractivity contribution in [3.05, 3.63) is 22.7 Å². The molecule has 1 amide bonds. The van der Waals surface area contributed by atoms with Crippen LogP contribution in [-0.2, 0) is 4.79 Å². The van der Waals surface area contributed by atoms with E-state index in [1.54, 1.807) is 19.1 Å². The van der Waals surface area contributed by atoms with E-state index in [1.807, 2.05) is 26.8 Å². The number of hydrogen-bond donors (Lipinski definition) is 2. The Kier molecular flexibility index (Phi) is 5.23. The molecule has 0 spiro atoms. The fraction of sp³-hybridized carbons (Fsp3) is 0.500. The molecule has 0 fully saturated rings. The predicted molar refractivity (Wildman–Crippen MR) is 81.2 cm³/mol. The number of carbonyl (C=O) groups is 1. The lowest BCUT2D eigenvalue weighted by molar-refractivity contribution is -0.128. The molecule has 4 nitrogen and oxygen atoms in total. The molecule has 1 unspecified atom stereocenters. The number of ether oxygens (including phenoxy) is 1. The maximum absolute atomic E-state index is 12.0. The largest absolute Gasteiger partial charge is 0.479 e. The van der Waals surface area contributed by atoms with Crippen molar-refractivity contribution in [3.63, 3.8) is 0 Å². The van der Waals surface area contributed by atoms with E-state index in [0.717, 1.165) is 10.9 Å². The Morgan fingerprint density at radius 2 is 2.16 bits per heavy atom. The van der Waals surface area contributed by atoms with Crippen LogP contribution < -0.4 is 15.8 Å². The first-order valence-electron chi connectivity index (χ1n) is 6.29. The Labute approximate surface area is 122 Å². The van der Waals surface area contributed by atoms with Crippen molar-refractivity contribution in [1.29, 1.82) is 0 Å². The Bertz CT molecular complexity index is 461. The molecule has 0 saturated carbocycles. The van der Waals surface area contributed by atoms with Gasteiger partial charge in [-0.05, 0) is 45.4 Å². The summed E-state index contributed by atoms with van der Waals surface area (Å²) in [5.74, 6) is 0.370. The van der Waals surface area contributed by atoms with E-state index in [2.05, 4.69) is 21.2 Å². The van der Waals surface area contributed by atoms with Crippen molar-refractivity contribution in [1.82, 2.24) is 5.32 Å². The minimum absolute atomic E-state index is 0.144. The molecule has 0 aliphatic rings. The molecule has 1 atom stereocenters. The summed E-state index contributed by atoms with van der Waals surface area (Å²) in [6.07, 6.45) is 0.264. The predicted octanol–water partition coefficient (Wildman–Crippen LogP) is 3.10. The van der Waals surface area contributed by atoms with Crippen molar-refractivity contribution in [2.24, 2.45) is 0 Å². The number of nitrogen functional groups attached to an aromatic ring is 1. The summed E-state index contributed by atoms with van der Waals surface area (Å²) in [7, 11) is 0. The summed E-state index contributed by atoms with van der Waals surface area (Å²) in [4.78, 5) is 12.0. The lowest BCUT2D eigenvalue weighted by Crippen LogP contribution is -2.48. The summed E-state index contributed by atoms with van der Waals surface area (Å²) < 4.78 is 6.47. The van der Waals surface area contributed by atoms with Gasteiger partial charge in [-0.3, -0.25) is 4.79 Å². The fourth-order valence-electron chi connectivity index (χ4n) is 1.39. The molecule has 3 N–H and O–H groups in total. The highest BCUT2D eigenvalue weighted by molar-refractivity contribution is 9.10. The second-order valence-electron chi connectivity index (χ2n) is 5.17. The third-order valence-corrected chi connectivity index (χ3v) is 3.48. The van der Waals surface area contributed by atoms with E-state index in [9.17, 15) is 4.79 Å². The number of amides is 1. The van der Waals surface area contributed by atoms with Gasteiger partial charge in [-0.15, -0.1) is 0 Å². The topological polar surface area (TPSA) is 64.3 Å². The van der Waals surface area contributed by atoms with Gasteiger partial charge in [0.15, 0.2) is 6.10 Å². The van der Waals surface area contributed by atoms with Gasteiger partial charge in [-0.25, -0.2) is 0 Å². The average Bonchev–Trinajstić information content (AvgIpc) is 2.32. The minimum Gasteiger partial charge on any atom is -0.479 e. The molecule has 5 heteroatoms. The molecule has 0 aromatic heterocycles. The summed E-state index contributed by atoms with van der Waals surface area (Å²) in [5, 5.41) is 2.94. The van der Waals surface area contributed by atoms with Crippen LogP contribution >= 0.6 is 15.9 Å². The molecule has 1 rings (SSSR count). The molecule has 0 bridgehead atoms. The number of nitrogens with one attached hydrogen (secondary N) is 1. The average molecular weight is 329 g/mol. The number of anilines is 1. The van der Waals surface area contributed by atoms with Crippen LogP contribution in [0.5, 0.6) is 5.75 Å². The molecule has 19 heavy (non-hydrogen) atoms.